The molecule has 3 aromatic rings. The molecule has 0 spiro atoms. The van der Waals surface area contributed by atoms with Crippen molar-refractivity contribution in [2.75, 3.05) is 5.32 Å². The predicted octanol–water partition coefficient (Wildman–Crippen LogP) is 4.41. The highest BCUT2D eigenvalue weighted by atomic mass is 79.9. The number of halogens is 2. The SMILES string of the molecule is O=C(N/N=C/c1ccc(OC(=O)c2ccccc2Cl)cc1)C(=O)Nc1ccc(Br)cc1. The normalized spacial score (nSPS) is 10.5. The first-order chi connectivity index (χ1) is 14.9. The monoisotopic (exact) mass is 499 g/mol. The molecular weight excluding hydrogens is 486 g/mol. The van der Waals surface area contributed by atoms with Gasteiger partial charge in [-0.05, 0) is 66.2 Å². The van der Waals surface area contributed by atoms with Gasteiger partial charge in [-0.15, -0.1) is 0 Å². The van der Waals surface area contributed by atoms with Crippen LogP contribution in [0.2, 0.25) is 5.02 Å². The van der Waals surface area contributed by atoms with Crippen LogP contribution in [0.1, 0.15) is 15.9 Å². The summed E-state index contributed by atoms with van der Waals surface area (Å²) in [6.45, 7) is 0. The van der Waals surface area contributed by atoms with E-state index in [1.165, 1.54) is 6.21 Å². The molecule has 156 valence electrons. The summed E-state index contributed by atoms with van der Waals surface area (Å²) in [5.74, 6) is -2.01. The Morgan fingerprint density at radius 2 is 1.58 bits per heavy atom. The van der Waals surface area contributed by atoms with Crippen molar-refractivity contribution >= 4 is 57.2 Å². The molecular formula is C22H15BrClN3O4. The number of ether oxygens (including phenoxy) is 1. The molecule has 31 heavy (non-hydrogen) atoms. The maximum absolute atomic E-state index is 12.2. The van der Waals surface area contributed by atoms with E-state index in [9.17, 15) is 14.4 Å². The van der Waals surface area contributed by atoms with Gasteiger partial charge in [0.05, 0.1) is 16.8 Å². The van der Waals surface area contributed by atoms with E-state index in [4.69, 9.17) is 16.3 Å². The number of nitrogens with one attached hydrogen (secondary N) is 2. The molecule has 0 heterocycles. The van der Waals surface area contributed by atoms with Crippen molar-refractivity contribution in [2.45, 2.75) is 0 Å². The number of rotatable bonds is 5. The van der Waals surface area contributed by atoms with Crippen molar-refractivity contribution in [2.24, 2.45) is 5.10 Å². The Labute approximate surface area is 191 Å². The zero-order valence-corrected chi connectivity index (χ0v) is 18.2. The lowest BCUT2D eigenvalue weighted by atomic mass is 10.2. The third-order valence-electron chi connectivity index (χ3n) is 3.87. The fraction of sp³-hybridized carbons (Fsp3) is 0. The minimum absolute atomic E-state index is 0.263. The highest BCUT2D eigenvalue weighted by Crippen LogP contribution is 2.19. The second kappa shape index (κ2) is 10.5. The number of carbonyl (C=O) groups excluding carboxylic acids is 3. The standard InChI is InChI=1S/C22H15BrClN3O4/c23-15-7-9-16(10-8-15)26-20(28)21(29)27-25-13-14-5-11-17(12-6-14)31-22(30)18-3-1-2-4-19(18)24/h1-13H,(H,26,28)(H,27,29)/b25-13+. The van der Waals surface area contributed by atoms with Crippen LogP contribution in [0.5, 0.6) is 5.75 Å². The average molecular weight is 501 g/mol. The first-order valence-electron chi connectivity index (χ1n) is 8.89. The fourth-order valence-electron chi connectivity index (χ4n) is 2.35. The minimum Gasteiger partial charge on any atom is -0.423 e. The van der Waals surface area contributed by atoms with Crippen molar-refractivity contribution in [3.63, 3.8) is 0 Å². The zero-order valence-electron chi connectivity index (χ0n) is 15.8. The Balaban J connectivity index is 1.51. The van der Waals surface area contributed by atoms with E-state index in [1.807, 2.05) is 0 Å². The molecule has 0 fully saturated rings. The molecule has 3 aromatic carbocycles. The van der Waals surface area contributed by atoms with Crippen LogP contribution < -0.4 is 15.5 Å². The number of hydrogen-bond donors (Lipinski definition) is 2. The average Bonchev–Trinajstić information content (AvgIpc) is 2.76. The van der Waals surface area contributed by atoms with E-state index in [2.05, 4.69) is 31.8 Å². The lowest BCUT2D eigenvalue weighted by Gasteiger charge is -2.06. The molecule has 0 unspecified atom stereocenters. The van der Waals surface area contributed by atoms with Gasteiger partial charge in [-0.1, -0.05) is 39.7 Å². The maximum atomic E-state index is 12.2. The smallest absolute Gasteiger partial charge is 0.345 e. The summed E-state index contributed by atoms with van der Waals surface area (Å²) in [6.07, 6.45) is 1.35. The van der Waals surface area contributed by atoms with Gasteiger partial charge in [-0.3, -0.25) is 9.59 Å². The topological polar surface area (TPSA) is 96.9 Å². The Morgan fingerprint density at radius 3 is 2.26 bits per heavy atom. The maximum Gasteiger partial charge on any atom is 0.345 e. The van der Waals surface area contributed by atoms with Crippen LogP contribution in [0.4, 0.5) is 5.69 Å². The predicted molar refractivity (Wildman–Crippen MR) is 121 cm³/mol. The van der Waals surface area contributed by atoms with Gasteiger partial charge in [0.25, 0.3) is 0 Å². The number of benzene rings is 3. The number of hydrazone groups is 1. The molecule has 2 amide bonds. The highest BCUT2D eigenvalue weighted by molar-refractivity contribution is 9.10. The molecule has 0 bridgehead atoms. The summed E-state index contributed by atoms with van der Waals surface area (Å²) in [4.78, 5) is 35.8. The quantitative estimate of drug-likeness (QED) is 0.178. The first kappa shape index (κ1) is 22.2. The molecule has 2 N–H and O–H groups in total. The molecule has 0 atom stereocenters. The van der Waals surface area contributed by atoms with E-state index in [0.717, 1.165) is 4.47 Å². The molecule has 0 aliphatic carbocycles. The van der Waals surface area contributed by atoms with Gasteiger partial charge in [0.1, 0.15) is 5.75 Å². The third-order valence-corrected chi connectivity index (χ3v) is 4.73. The molecule has 0 saturated carbocycles. The summed E-state index contributed by atoms with van der Waals surface area (Å²) in [7, 11) is 0. The Kier molecular flexibility index (Phi) is 7.53. The van der Waals surface area contributed by atoms with Crippen LogP contribution >= 0.6 is 27.5 Å². The summed E-state index contributed by atoms with van der Waals surface area (Å²) < 4.78 is 6.13. The summed E-state index contributed by atoms with van der Waals surface area (Å²) in [5, 5.41) is 6.51. The van der Waals surface area contributed by atoms with Crippen molar-refractivity contribution in [1.29, 1.82) is 0 Å². The highest BCUT2D eigenvalue weighted by Gasteiger charge is 2.13. The Hall–Kier alpha value is -3.49. The van der Waals surface area contributed by atoms with E-state index in [1.54, 1.807) is 72.8 Å². The zero-order chi connectivity index (χ0) is 22.2. The second-order valence-corrected chi connectivity index (χ2v) is 7.42. The number of nitrogens with zero attached hydrogens (tertiary/aromatic N) is 1. The van der Waals surface area contributed by atoms with Gasteiger partial charge in [-0.25, -0.2) is 10.2 Å². The first-order valence-corrected chi connectivity index (χ1v) is 10.1. The van der Waals surface area contributed by atoms with Crippen LogP contribution in [-0.2, 0) is 9.59 Å². The molecule has 0 saturated heterocycles. The summed E-state index contributed by atoms with van der Waals surface area (Å²) in [5.41, 5.74) is 3.51. The lowest BCUT2D eigenvalue weighted by Crippen LogP contribution is -2.32. The van der Waals surface area contributed by atoms with Gasteiger partial charge >= 0.3 is 17.8 Å². The number of anilines is 1. The van der Waals surface area contributed by atoms with Gasteiger partial charge < -0.3 is 10.1 Å². The number of amides is 2. The molecule has 7 nitrogen and oxygen atoms in total. The van der Waals surface area contributed by atoms with Crippen molar-refractivity contribution in [3.05, 3.63) is 93.4 Å². The Bertz CT molecular complexity index is 1130. The molecule has 0 aliphatic heterocycles. The fourth-order valence-corrected chi connectivity index (χ4v) is 2.83. The number of hydrogen-bond acceptors (Lipinski definition) is 5. The van der Waals surface area contributed by atoms with Gasteiger partial charge in [0.2, 0.25) is 0 Å². The second-order valence-electron chi connectivity index (χ2n) is 6.10. The number of carbonyl (C=O) groups is 3. The molecule has 0 aromatic heterocycles. The molecule has 3 rings (SSSR count). The van der Waals surface area contributed by atoms with Crippen LogP contribution in [0.3, 0.4) is 0 Å². The van der Waals surface area contributed by atoms with E-state index < -0.39 is 17.8 Å². The third kappa shape index (κ3) is 6.50. The van der Waals surface area contributed by atoms with Gasteiger partial charge in [0.15, 0.2) is 0 Å². The lowest BCUT2D eigenvalue weighted by molar-refractivity contribution is -0.136. The molecule has 9 heteroatoms. The van der Waals surface area contributed by atoms with Gasteiger partial charge in [0, 0.05) is 10.2 Å². The van der Waals surface area contributed by atoms with Crippen LogP contribution in [0.25, 0.3) is 0 Å². The summed E-state index contributed by atoms with van der Waals surface area (Å²) in [6, 6.07) is 19.8. The van der Waals surface area contributed by atoms with Crippen molar-refractivity contribution < 1.29 is 19.1 Å². The van der Waals surface area contributed by atoms with E-state index in [-0.39, 0.29) is 5.56 Å². The summed E-state index contributed by atoms with van der Waals surface area (Å²) >= 11 is 9.27. The molecule has 0 radical (unpaired) electrons. The van der Waals surface area contributed by atoms with Crippen LogP contribution in [0, 0.1) is 0 Å². The van der Waals surface area contributed by atoms with Crippen LogP contribution in [0.15, 0.2) is 82.4 Å². The number of esters is 1. The minimum atomic E-state index is -0.913. The van der Waals surface area contributed by atoms with Crippen molar-refractivity contribution in [1.82, 2.24) is 5.43 Å². The van der Waals surface area contributed by atoms with Gasteiger partial charge in [-0.2, -0.15) is 5.10 Å². The van der Waals surface area contributed by atoms with Crippen molar-refractivity contribution in [3.8, 4) is 5.75 Å². The van der Waals surface area contributed by atoms with E-state index >= 15 is 0 Å². The van der Waals surface area contributed by atoms with E-state index in [0.29, 0.717) is 22.0 Å². The van der Waals surface area contributed by atoms with Crippen LogP contribution in [-0.4, -0.2) is 24.0 Å². The molecule has 0 aliphatic rings. The Morgan fingerprint density at radius 1 is 0.903 bits per heavy atom. The largest absolute Gasteiger partial charge is 0.423 e.